The van der Waals surface area contributed by atoms with E-state index in [1.807, 2.05) is 6.92 Å². The quantitative estimate of drug-likeness (QED) is 0.388. The number of rotatable bonds is 6. The minimum atomic E-state index is -2.95. The minimum Gasteiger partial charge on any atom is -0.384 e. The van der Waals surface area contributed by atoms with E-state index in [1.165, 1.54) is 6.26 Å². The molecule has 1 N–H and O–H groups in total. The summed E-state index contributed by atoms with van der Waals surface area (Å²) < 4.78 is 27.4. The molecule has 0 aromatic rings. The van der Waals surface area contributed by atoms with Crippen molar-refractivity contribution >= 4 is 39.8 Å². The van der Waals surface area contributed by atoms with Crippen LogP contribution in [0.4, 0.5) is 0 Å². The molecule has 0 bridgehead atoms. The molecular formula is C12H26IN3O3S. The summed E-state index contributed by atoms with van der Waals surface area (Å²) in [5.74, 6) is 1.44. The molecule has 0 aliphatic carbocycles. The Morgan fingerprint density at radius 1 is 1.50 bits per heavy atom. The second-order valence-corrected chi connectivity index (χ2v) is 7.18. The van der Waals surface area contributed by atoms with Gasteiger partial charge in [0.25, 0.3) is 0 Å². The van der Waals surface area contributed by atoms with Crippen LogP contribution in [0.15, 0.2) is 4.99 Å². The molecular weight excluding hydrogens is 393 g/mol. The lowest BCUT2D eigenvalue weighted by Crippen LogP contribution is -2.40. The number of hydrogen-bond acceptors (Lipinski definition) is 4. The highest BCUT2D eigenvalue weighted by Gasteiger charge is 2.24. The van der Waals surface area contributed by atoms with Crippen molar-refractivity contribution in [3.05, 3.63) is 0 Å². The van der Waals surface area contributed by atoms with Gasteiger partial charge in [-0.15, -0.1) is 24.0 Å². The third-order valence-electron chi connectivity index (χ3n) is 3.05. The Labute approximate surface area is 139 Å². The highest BCUT2D eigenvalue weighted by molar-refractivity contribution is 14.0. The van der Waals surface area contributed by atoms with Crippen LogP contribution in [0, 0.1) is 5.92 Å². The zero-order valence-electron chi connectivity index (χ0n) is 12.5. The fourth-order valence-electron chi connectivity index (χ4n) is 2.14. The predicted molar refractivity (Wildman–Crippen MR) is 92.7 cm³/mol. The fourth-order valence-corrected chi connectivity index (χ4v) is 2.56. The van der Waals surface area contributed by atoms with E-state index in [-0.39, 0.29) is 29.7 Å². The molecule has 0 amide bonds. The molecule has 0 aromatic carbocycles. The molecule has 1 aliphatic heterocycles. The average molecular weight is 419 g/mol. The molecule has 0 spiro atoms. The van der Waals surface area contributed by atoms with E-state index >= 15 is 0 Å². The van der Waals surface area contributed by atoms with Crippen molar-refractivity contribution in [2.45, 2.75) is 13.3 Å². The number of aliphatic imine (C=N–C) groups is 1. The van der Waals surface area contributed by atoms with Crippen LogP contribution < -0.4 is 5.32 Å². The van der Waals surface area contributed by atoms with E-state index < -0.39 is 9.84 Å². The van der Waals surface area contributed by atoms with Crippen molar-refractivity contribution < 1.29 is 13.2 Å². The number of sulfone groups is 1. The largest absolute Gasteiger partial charge is 0.384 e. The Bertz CT molecular complexity index is 401. The van der Waals surface area contributed by atoms with Crippen molar-refractivity contribution in [1.82, 2.24) is 10.2 Å². The number of nitrogens with zero attached hydrogens (tertiary/aromatic N) is 2. The molecule has 0 aromatic heterocycles. The number of hydrogen-bond donors (Lipinski definition) is 1. The van der Waals surface area contributed by atoms with Gasteiger partial charge in [-0.1, -0.05) is 0 Å². The van der Waals surface area contributed by atoms with Gasteiger partial charge in [-0.2, -0.15) is 0 Å². The van der Waals surface area contributed by atoms with Crippen LogP contribution in [0.5, 0.6) is 0 Å². The topological polar surface area (TPSA) is 71.0 Å². The summed E-state index contributed by atoms with van der Waals surface area (Å²) in [6.07, 6.45) is 2.32. The van der Waals surface area contributed by atoms with Crippen molar-refractivity contribution in [2.75, 3.05) is 51.9 Å². The SMILES string of the molecule is CCNC(=NCCS(C)(=O)=O)N1CCC(COC)C1.I. The van der Waals surface area contributed by atoms with Gasteiger partial charge in [0.2, 0.25) is 0 Å². The highest BCUT2D eigenvalue weighted by Crippen LogP contribution is 2.16. The number of nitrogens with one attached hydrogen (secondary N) is 1. The molecule has 0 saturated carbocycles. The molecule has 1 saturated heterocycles. The lowest BCUT2D eigenvalue weighted by molar-refractivity contribution is 0.157. The molecule has 1 fully saturated rings. The monoisotopic (exact) mass is 419 g/mol. The molecule has 1 atom stereocenters. The summed E-state index contributed by atoms with van der Waals surface area (Å²) in [4.78, 5) is 6.56. The second kappa shape index (κ2) is 9.78. The fraction of sp³-hybridized carbons (Fsp3) is 0.917. The Morgan fingerprint density at radius 2 is 2.20 bits per heavy atom. The maximum absolute atomic E-state index is 11.1. The molecule has 1 heterocycles. The van der Waals surface area contributed by atoms with Crippen molar-refractivity contribution in [1.29, 1.82) is 0 Å². The van der Waals surface area contributed by atoms with Gasteiger partial charge in [-0.25, -0.2) is 8.42 Å². The Morgan fingerprint density at radius 3 is 2.75 bits per heavy atom. The number of guanidine groups is 1. The normalized spacial score (nSPS) is 19.9. The van der Waals surface area contributed by atoms with Crippen LogP contribution in [-0.4, -0.2) is 71.2 Å². The summed E-state index contributed by atoms with van der Waals surface area (Å²) in [5, 5.41) is 3.21. The van der Waals surface area contributed by atoms with Gasteiger partial charge in [-0.3, -0.25) is 4.99 Å². The second-order valence-electron chi connectivity index (χ2n) is 4.92. The van der Waals surface area contributed by atoms with Crippen LogP contribution in [-0.2, 0) is 14.6 Å². The number of methoxy groups -OCH3 is 1. The maximum Gasteiger partial charge on any atom is 0.193 e. The zero-order valence-corrected chi connectivity index (χ0v) is 15.6. The van der Waals surface area contributed by atoms with Crippen molar-refractivity contribution in [3.8, 4) is 0 Å². The summed E-state index contributed by atoms with van der Waals surface area (Å²) in [6, 6.07) is 0. The molecule has 1 unspecified atom stereocenters. The third-order valence-corrected chi connectivity index (χ3v) is 3.97. The number of halogens is 1. The standard InChI is InChI=1S/C12H25N3O3S.HI/c1-4-13-12(14-6-8-19(3,16)17)15-7-5-11(9-15)10-18-2;/h11H,4-10H2,1-3H3,(H,13,14);1H. The van der Waals surface area contributed by atoms with Crippen LogP contribution >= 0.6 is 24.0 Å². The maximum atomic E-state index is 11.1. The average Bonchev–Trinajstić information content (AvgIpc) is 2.75. The predicted octanol–water partition coefficient (Wildman–Crippen LogP) is 0.583. The van der Waals surface area contributed by atoms with Gasteiger partial charge >= 0.3 is 0 Å². The number of ether oxygens (including phenoxy) is 1. The van der Waals surface area contributed by atoms with Crippen LogP contribution in [0.2, 0.25) is 0 Å². The van der Waals surface area contributed by atoms with E-state index in [2.05, 4.69) is 15.2 Å². The van der Waals surface area contributed by atoms with E-state index in [0.717, 1.165) is 38.6 Å². The third kappa shape index (κ3) is 7.63. The van der Waals surface area contributed by atoms with Gasteiger partial charge in [0.1, 0.15) is 9.84 Å². The number of likely N-dealkylation sites (tertiary alicyclic amines) is 1. The summed E-state index contributed by atoms with van der Waals surface area (Å²) in [6.45, 7) is 5.72. The van der Waals surface area contributed by atoms with Crippen molar-refractivity contribution in [2.24, 2.45) is 10.9 Å². The van der Waals surface area contributed by atoms with Crippen LogP contribution in [0.3, 0.4) is 0 Å². The summed E-state index contributed by atoms with van der Waals surface area (Å²) in [7, 11) is -1.23. The van der Waals surface area contributed by atoms with E-state index in [4.69, 9.17) is 4.74 Å². The van der Waals surface area contributed by atoms with E-state index in [1.54, 1.807) is 7.11 Å². The first-order valence-electron chi connectivity index (χ1n) is 6.66. The first-order valence-corrected chi connectivity index (χ1v) is 8.72. The summed E-state index contributed by atoms with van der Waals surface area (Å²) >= 11 is 0. The molecule has 6 nitrogen and oxygen atoms in total. The molecule has 20 heavy (non-hydrogen) atoms. The molecule has 8 heteroatoms. The molecule has 120 valence electrons. The van der Waals surface area contributed by atoms with E-state index in [9.17, 15) is 8.42 Å². The van der Waals surface area contributed by atoms with Gasteiger partial charge in [-0.05, 0) is 13.3 Å². The molecule has 0 radical (unpaired) electrons. The van der Waals surface area contributed by atoms with Gasteiger partial charge in [0.05, 0.1) is 18.9 Å². The van der Waals surface area contributed by atoms with Gasteiger partial charge in [0, 0.05) is 38.9 Å². The lowest BCUT2D eigenvalue weighted by atomic mass is 10.1. The Kier molecular flexibility index (Phi) is 9.73. The lowest BCUT2D eigenvalue weighted by Gasteiger charge is -2.21. The van der Waals surface area contributed by atoms with Crippen molar-refractivity contribution in [3.63, 3.8) is 0 Å². The Hall–Kier alpha value is -0.0900. The van der Waals surface area contributed by atoms with Gasteiger partial charge < -0.3 is 15.0 Å². The van der Waals surface area contributed by atoms with E-state index in [0.29, 0.717) is 12.5 Å². The Balaban J connectivity index is 0.00000361. The van der Waals surface area contributed by atoms with Gasteiger partial charge in [0.15, 0.2) is 5.96 Å². The first kappa shape index (κ1) is 19.9. The minimum absolute atomic E-state index is 0. The smallest absolute Gasteiger partial charge is 0.193 e. The molecule has 1 aliphatic rings. The first-order chi connectivity index (χ1) is 8.96. The zero-order chi connectivity index (χ0) is 14.3. The van der Waals surface area contributed by atoms with Crippen LogP contribution in [0.1, 0.15) is 13.3 Å². The van der Waals surface area contributed by atoms with Crippen LogP contribution in [0.25, 0.3) is 0 Å². The highest BCUT2D eigenvalue weighted by atomic mass is 127. The molecule has 1 rings (SSSR count). The summed E-state index contributed by atoms with van der Waals surface area (Å²) in [5.41, 5.74) is 0.